The highest BCUT2D eigenvalue weighted by molar-refractivity contribution is 8.27. The number of thiocarbonyl (C=S) groups is 1. The number of methoxy groups -OCH3 is 5. The van der Waals surface area contributed by atoms with Crippen molar-refractivity contribution in [1.82, 2.24) is 0 Å². The minimum atomic E-state index is -0.248. The van der Waals surface area contributed by atoms with Crippen LogP contribution in [0.25, 0.3) is 6.08 Å². The van der Waals surface area contributed by atoms with Gasteiger partial charge >= 0.3 is 0 Å². The van der Waals surface area contributed by atoms with Gasteiger partial charge in [-0.25, -0.2) is 0 Å². The van der Waals surface area contributed by atoms with Crippen LogP contribution in [0.5, 0.6) is 28.7 Å². The molecule has 0 radical (unpaired) electrons. The summed E-state index contributed by atoms with van der Waals surface area (Å²) in [6, 6.07) is 8.73. The van der Waals surface area contributed by atoms with Gasteiger partial charge in [0.1, 0.15) is 11.5 Å². The molecule has 158 valence electrons. The summed E-state index contributed by atoms with van der Waals surface area (Å²) in [5.41, 5.74) is 1.26. The second-order valence-electron chi connectivity index (χ2n) is 6.01. The van der Waals surface area contributed by atoms with Gasteiger partial charge in [-0.05, 0) is 35.9 Å². The maximum Gasteiger partial charge on any atom is 0.270 e. The van der Waals surface area contributed by atoms with Crippen molar-refractivity contribution in [2.24, 2.45) is 0 Å². The Morgan fingerprint density at radius 2 is 1.50 bits per heavy atom. The van der Waals surface area contributed by atoms with Crippen molar-refractivity contribution >= 4 is 46.0 Å². The molecule has 7 nitrogen and oxygen atoms in total. The molecule has 0 N–H and O–H groups in total. The Labute approximate surface area is 184 Å². The quantitative estimate of drug-likeness (QED) is 0.464. The van der Waals surface area contributed by atoms with Crippen molar-refractivity contribution in [3.8, 4) is 28.7 Å². The normalized spacial score (nSPS) is 14.8. The highest BCUT2D eigenvalue weighted by Gasteiger charge is 2.35. The molecule has 1 fully saturated rings. The average molecular weight is 448 g/mol. The molecule has 0 bridgehead atoms. The minimum absolute atomic E-state index is 0.248. The smallest absolute Gasteiger partial charge is 0.270 e. The molecule has 1 aliphatic rings. The number of nitrogens with zero attached hydrogens (tertiary/aromatic N) is 1. The van der Waals surface area contributed by atoms with Gasteiger partial charge in [-0.2, -0.15) is 0 Å². The molecule has 3 rings (SSSR count). The number of carbonyl (C=O) groups excluding carboxylic acids is 1. The van der Waals surface area contributed by atoms with E-state index < -0.39 is 0 Å². The van der Waals surface area contributed by atoms with Crippen molar-refractivity contribution in [2.45, 2.75) is 0 Å². The Hall–Kier alpha value is -2.91. The first kappa shape index (κ1) is 21.8. The third kappa shape index (κ3) is 4.03. The first-order valence-electron chi connectivity index (χ1n) is 8.77. The molecule has 0 unspecified atom stereocenters. The molecule has 1 saturated heterocycles. The second-order valence-corrected chi connectivity index (χ2v) is 7.69. The molecule has 0 aliphatic carbocycles. The topological polar surface area (TPSA) is 66.5 Å². The van der Waals surface area contributed by atoms with E-state index in [0.29, 0.717) is 49.2 Å². The zero-order chi connectivity index (χ0) is 21.8. The van der Waals surface area contributed by atoms with Crippen LogP contribution >= 0.6 is 24.0 Å². The number of ether oxygens (including phenoxy) is 5. The van der Waals surface area contributed by atoms with Crippen molar-refractivity contribution in [1.29, 1.82) is 0 Å². The summed E-state index contributed by atoms with van der Waals surface area (Å²) in [7, 11) is 7.70. The monoisotopic (exact) mass is 447 g/mol. The first-order chi connectivity index (χ1) is 14.5. The SMILES string of the molecule is COc1ccc(N2C(=O)C(=Cc3cc(OC)c(OC)c(OC)c3)SC2=S)c(OC)c1. The molecule has 30 heavy (non-hydrogen) atoms. The van der Waals surface area contributed by atoms with Crippen LogP contribution in [0, 0.1) is 0 Å². The minimum Gasteiger partial charge on any atom is -0.497 e. The Kier molecular flexibility index (Phi) is 6.73. The van der Waals surface area contributed by atoms with Crippen LogP contribution in [-0.4, -0.2) is 45.8 Å². The van der Waals surface area contributed by atoms with Gasteiger partial charge in [-0.1, -0.05) is 24.0 Å². The summed E-state index contributed by atoms with van der Waals surface area (Å²) in [4.78, 5) is 15.1. The highest BCUT2D eigenvalue weighted by atomic mass is 32.2. The number of benzene rings is 2. The van der Waals surface area contributed by atoms with Crippen LogP contribution in [0.1, 0.15) is 5.56 Å². The fraction of sp³-hybridized carbons (Fsp3) is 0.238. The van der Waals surface area contributed by atoms with Gasteiger partial charge in [0.25, 0.3) is 5.91 Å². The molecule has 0 saturated carbocycles. The molecule has 9 heteroatoms. The van der Waals surface area contributed by atoms with Crippen LogP contribution in [0.3, 0.4) is 0 Å². The van der Waals surface area contributed by atoms with Crippen LogP contribution in [0.4, 0.5) is 5.69 Å². The fourth-order valence-electron chi connectivity index (χ4n) is 2.98. The largest absolute Gasteiger partial charge is 0.497 e. The number of anilines is 1. The Morgan fingerprint density at radius 1 is 0.867 bits per heavy atom. The summed E-state index contributed by atoms with van der Waals surface area (Å²) < 4.78 is 27.2. The summed E-state index contributed by atoms with van der Waals surface area (Å²) in [5.74, 6) is 2.33. The van der Waals surface area contributed by atoms with Gasteiger partial charge in [0, 0.05) is 6.07 Å². The summed E-state index contributed by atoms with van der Waals surface area (Å²) in [6.45, 7) is 0. The Morgan fingerprint density at radius 3 is 2.03 bits per heavy atom. The molecular weight excluding hydrogens is 426 g/mol. The van der Waals surface area contributed by atoms with E-state index >= 15 is 0 Å². The predicted octanol–water partition coefficient (Wildman–Crippen LogP) is 4.14. The lowest BCUT2D eigenvalue weighted by Gasteiger charge is -2.18. The number of rotatable bonds is 7. The molecule has 1 heterocycles. The van der Waals surface area contributed by atoms with E-state index in [9.17, 15) is 4.79 Å². The third-order valence-electron chi connectivity index (χ3n) is 4.41. The first-order valence-corrected chi connectivity index (χ1v) is 9.99. The number of carbonyl (C=O) groups is 1. The number of hydrogen-bond donors (Lipinski definition) is 0. The average Bonchev–Trinajstić information content (AvgIpc) is 3.04. The molecule has 2 aromatic carbocycles. The molecule has 0 spiro atoms. The lowest BCUT2D eigenvalue weighted by molar-refractivity contribution is -0.113. The predicted molar refractivity (Wildman–Crippen MR) is 121 cm³/mol. The number of thioether (sulfide) groups is 1. The van der Waals surface area contributed by atoms with Crippen LogP contribution in [-0.2, 0) is 4.79 Å². The summed E-state index contributed by atoms with van der Waals surface area (Å²) >= 11 is 6.68. The Balaban J connectivity index is 2.00. The molecule has 0 atom stereocenters. The van der Waals surface area contributed by atoms with E-state index in [0.717, 1.165) is 0 Å². The third-order valence-corrected chi connectivity index (χ3v) is 5.71. The van der Waals surface area contributed by atoms with E-state index in [1.165, 1.54) is 45.1 Å². The zero-order valence-electron chi connectivity index (χ0n) is 17.2. The van der Waals surface area contributed by atoms with Crippen LogP contribution in [0.15, 0.2) is 35.2 Å². The van der Waals surface area contributed by atoms with Crippen LogP contribution in [0.2, 0.25) is 0 Å². The summed E-state index contributed by atoms with van der Waals surface area (Å²) in [6.07, 6.45) is 1.74. The summed E-state index contributed by atoms with van der Waals surface area (Å²) in [5, 5.41) is 0. The van der Waals surface area contributed by atoms with Crippen LogP contribution < -0.4 is 28.6 Å². The second kappa shape index (κ2) is 9.27. The van der Waals surface area contributed by atoms with Gasteiger partial charge in [-0.3, -0.25) is 9.69 Å². The van der Waals surface area contributed by atoms with Crippen molar-refractivity contribution in [3.05, 3.63) is 40.8 Å². The van der Waals surface area contributed by atoms with Gasteiger partial charge in [0.15, 0.2) is 15.8 Å². The highest BCUT2D eigenvalue weighted by Crippen LogP contribution is 2.43. The van der Waals surface area contributed by atoms with Crippen molar-refractivity contribution in [3.63, 3.8) is 0 Å². The lowest BCUT2D eigenvalue weighted by Crippen LogP contribution is -2.27. The zero-order valence-corrected chi connectivity index (χ0v) is 18.8. The van der Waals surface area contributed by atoms with E-state index in [2.05, 4.69) is 0 Å². The number of hydrogen-bond acceptors (Lipinski definition) is 8. The molecule has 1 aliphatic heterocycles. The van der Waals surface area contributed by atoms with E-state index in [1.54, 1.807) is 43.5 Å². The van der Waals surface area contributed by atoms with E-state index in [1.807, 2.05) is 0 Å². The van der Waals surface area contributed by atoms with E-state index in [-0.39, 0.29) is 5.91 Å². The molecule has 1 amide bonds. The van der Waals surface area contributed by atoms with Gasteiger partial charge in [0.05, 0.1) is 46.1 Å². The van der Waals surface area contributed by atoms with Gasteiger partial charge in [0.2, 0.25) is 5.75 Å². The van der Waals surface area contributed by atoms with Gasteiger partial charge < -0.3 is 23.7 Å². The molecular formula is C21H21NO6S2. The molecule has 0 aromatic heterocycles. The van der Waals surface area contributed by atoms with Crippen molar-refractivity contribution in [2.75, 3.05) is 40.4 Å². The maximum atomic E-state index is 13.2. The number of amides is 1. The van der Waals surface area contributed by atoms with Gasteiger partial charge in [-0.15, -0.1) is 0 Å². The standard InChI is InChI=1S/C21H21NO6S2/c1-24-13-6-7-14(15(11-13)25-2)22-20(23)18(30-21(22)29)10-12-8-16(26-3)19(28-5)17(9-12)27-4/h6-11H,1-5H3. The Bertz CT molecular complexity index is 996. The van der Waals surface area contributed by atoms with Crippen molar-refractivity contribution < 1.29 is 28.5 Å². The van der Waals surface area contributed by atoms with E-state index in [4.69, 9.17) is 35.9 Å². The fourth-order valence-corrected chi connectivity index (χ4v) is 4.27. The lowest BCUT2D eigenvalue weighted by atomic mass is 10.1. The molecule has 2 aromatic rings. The maximum absolute atomic E-state index is 13.2.